The standard InChI is InChI=1S/C30H24O3/c31-28(29(32)33-25-19-11-4-12-20-25)26-21-30(23-15-7-2-8-16-23,24-17-9-3-10-18-24)27(26)22-13-5-1-6-14-22/h1-20,26-27H,21H2/t26-,27+/m1/s1. The minimum atomic E-state index is -0.804. The van der Waals surface area contributed by atoms with Crippen LogP contribution in [0.15, 0.2) is 121 Å². The largest absolute Gasteiger partial charge is 0.421 e. The second-order valence-electron chi connectivity index (χ2n) is 8.47. The molecule has 1 saturated carbocycles. The van der Waals surface area contributed by atoms with Gasteiger partial charge >= 0.3 is 5.97 Å². The van der Waals surface area contributed by atoms with Crippen LogP contribution in [0.2, 0.25) is 0 Å². The molecule has 4 aromatic rings. The number of Topliss-reactive ketones (excluding diaryl/α,β-unsaturated/α-hetero) is 1. The molecule has 0 aromatic heterocycles. The van der Waals surface area contributed by atoms with Gasteiger partial charge in [-0.15, -0.1) is 0 Å². The van der Waals surface area contributed by atoms with Gasteiger partial charge in [-0.3, -0.25) is 4.79 Å². The fraction of sp³-hybridized carbons (Fsp3) is 0.133. The van der Waals surface area contributed by atoms with Crippen molar-refractivity contribution in [3.8, 4) is 5.75 Å². The van der Waals surface area contributed by atoms with E-state index in [0.29, 0.717) is 12.2 Å². The van der Waals surface area contributed by atoms with Crippen molar-refractivity contribution in [2.24, 2.45) is 5.92 Å². The molecule has 1 aliphatic rings. The maximum Gasteiger partial charge on any atom is 0.380 e. The van der Waals surface area contributed by atoms with Crippen molar-refractivity contribution in [1.82, 2.24) is 0 Å². The Morgan fingerprint density at radius 2 is 1.09 bits per heavy atom. The molecule has 0 saturated heterocycles. The lowest BCUT2D eigenvalue weighted by molar-refractivity contribution is -0.152. The highest BCUT2D eigenvalue weighted by atomic mass is 16.5. The molecular formula is C30H24O3. The molecule has 1 fully saturated rings. The molecule has 1 aliphatic carbocycles. The Kier molecular flexibility index (Phi) is 5.62. The molecular weight excluding hydrogens is 408 g/mol. The lowest BCUT2D eigenvalue weighted by atomic mass is 9.46. The third-order valence-corrected chi connectivity index (χ3v) is 6.70. The van der Waals surface area contributed by atoms with E-state index in [1.807, 2.05) is 72.8 Å². The summed E-state index contributed by atoms with van der Waals surface area (Å²) in [4.78, 5) is 26.2. The van der Waals surface area contributed by atoms with Crippen LogP contribution >= 0.6 is 0 Å². The van der Waals surface area contributed by atoms with Gasteiger partial charge in [0.25, 0.3) is 0 Å². The number of benzene rings is 4. The molecule has 0 radical (unpaired) electrons. The van der Waals surface area contributed by atoms with E-state index in [4.69, 9.17) is 4.74 Å². The Labute approximate surface area is 193 Å². The van der Waals surface area contributed by atoms with Gasteiger partial charge in [0, 0.05) is 17.3 Å². The molecule has 3 nitrogen and oxygen atoms in total. The maximum absolute atomic E-state index is 13.4. The summed E-state index contributed by atoms with van der Waals surface area (Å²) in [5, 5.41) is 0. The number of hydrogen-bond donors (Lipinski definition) is 0. The van der Waals surface area contributed by atoms with Crippen molar-refractivity contribution in [2.75, 3.05) is 0 Å². The smallest absolute Gasteiger partial charge is 0.380 e. The summed E-state index contributed by atoms with van der Waals surface area (Å²) in [6.45, 7) is 0. The van der Waals surface area contributed by atoms with Gasteiger partial charge in [-0.25, -0.2) is 4.79 Å². The minimum absolute atomic E-state index is 0.181. The zero-order chi connectivity index (χ0) is 22.7. The SMILES string of the molecule is O=C(Oc1ccccc1)C(=O)[C@@H]1CC(c2ccccc2)(c2ccccc2)[C@H]1c1ccccc1. The van der Waals surface area contributed by atoms with E-state index in [9.17, 15) is 9.59 Å². The van der Waals surface area contributed by atoms with Gasteiger partial charge in [0.2, 0.25) is 5.78 Å². The van der Waals surface area contributed by atoms with Crippen LogP contribution in [0.4, 0.5) is 0 Å². The zero-order valence-corrected chi connectivity index (χ0v) is 18.1. The first-order chi connectivity index (χ1) is 16.2. The van der Waals surface area contributed by atoms with E-state index in [0.717, 1.165) is 16.7 Å². The molecule has 0 amide bonds. The van der Waals surface area contributed by atoms with Crippen LogP contribution in [0.1, 0.15) is 29.0 Å². The van der Waals surface area contributed by atoms with Gasteiger partial charge in [0.1, 0.15) is 5.75 Å². The summed E-state index contributed by atoms with van der Waals surface area (Å²) in [7, 11) is 0. The average Bonchev–Trinajstić information content (AvgIpc) is 2.86. The fourth-order valence-electron chi connectivity index (χ4n) is 5.23. The van der Waals surface area contributed by atoms with Gasteiger partial charge in [-0.1, -0.05) is 109 Å². The lowest BCUT2D eigenvalue weighted by Crippen LogP contribution is -2.55. The third-order valence-electron chi connectivity index (χ3n) is 6.70. The van der Waals surface area contributed by atoms with Crippen LogP contribution < -0.4 is 4.74 Å². The summed E-state index contributed by atoms with van der Waals surface area (Å²) in [5.74, 6) is -1.55. The molecule has 0 aliphatic heterocycles. The molecule has 5 rings (SSSR count). The second kappa shape index (κ2) is 8.87. The van der Waals surface area contributed by atoms with E-state index >= 15 is 0 Å². The molecule has 0 N–H and O–H groups in total. The van der Waals surface area contributed by atoms with Crippen molar-refractivity contribution in [2.45, 2.75) is 17.8 Å². The first-order valence-electron chi connectivity index (χ1n) is 11.2. The Hall–Kier alpha value is -3.98. The summed E-state index contributed by atoms with van der Waals surface area (Å²) < 4.78 is 5.41. The summed E-state index contributed by atoms with van der Waals surface area (Å²) in [6, 6.07) is 39.4. The van der Waals surface area contributed by atoms with E-state index in [1.165, 1.54) is 0 Å². The zero-order valence-electron chi connectivity index (χ0n) is 18.1. The van der Waals surface area contributed by atoms with E-state index in [1.54, 1.807) is 24.3 Å². The van der Waals surface area contributed by atoms with Crippen molar-refractivity contribution in [3.05, 3.63) is 138 Å². The third kappa shape index (κ3) is 3.76. The lowest BCUT2D eigenvalue weighted by Gasteiger charge is -2.55. The Morgan fingerprint density at radius 1 is 0.636 bits per heavy atom. The Morgan fingerprint density at radius 3 is 1.61 bits per heavy atom. The minimum Gasteiger partial charge on any atom is -0.421 e. The number of para-hydroxylation sites is 1. The highest BCUT2D eigenvalue weighted by molar-refractivity contribution is 6.35. The van der Waals surface area contributed by atoms with Crippen molar-refractivity contribution in [3.63, 3.8) is 0 Å². The number of carbonyl (C=O) groups excluding carboxylic acids is 2. The number of rotatable bonds is 6. The Bertz CT molecular complexity index is 1200. The van der Waals surface area contributed by atoms with Crippen LogP contribution in [0.5, 0.6) is 5.75 Å². The quantitative estimate of drug-likeness (QED) is 0.215. The molecule has 2 atom stereocenters. The molecule has 162 valence electrons. The monoisotopic (exact) mass is 432 g/mol. The fourth-order valence-corrected chi connectivity index (χ4v) is 5.23. The van der Waals surface area contributed by atoms with Crippen molar-refractivity contribution >= 4 is 11.8 Å². The number of ketones is 1. The summed E-state index contributed by atoms with van der Waals surface area (Å²) in [5.41, 5.74) is 2.93. The highest BCUT2D eigenvalue weighted by Gasteiger charge is 2.59. The molecule has 3 heteroatoms. The highest BCUT2D eigenvalue weighted by Crippen LogP contribution is 2.61. The first kappa shape index (κ1) is 20.9. The van der Waals surface area contributed by atoms with Crippen LogP contribution in [0.25, 0.3) is 0 Å². The Balaban J connectivity index is 1.57. The predicted molar refractivity (Wildman–Crippen MR) is 128 cm³/mol. The van der Waals surface area contributed by atoms with E-state index in [2.05, 4.69) is 24.3 Å². The predicted octanol–water partition coefficient (Wildman–Crippen LogP) is 5.95. The summed E-state index contributed by atoms with van der Waals surface area (Å²) in [6.07, 6.45) is 0.545. The normalized spacial score (nSPS) is 18.7. The van der Waals surface area contributed by atoms with Crippen LogP contribution in [0, 0.1) is 5.92 Å². The first-order valence-corrected chi connectivity index (χ1v) is 11.2. The number of ether oxygens (including phenoxy) is 1. The van der Waals surface area contributed by atoms with Crippen molar-refractivity contribution < 1.29 is 14.3 Å². The summed E-state index contributed by atoms with van der Waals surface area (Å²) >= 11 is 0. The van der Waals surface area contributed by atoms with Crippen LogP contribution in [-0.4, -0.2) is 11.8 Å². The number of carbonyl (C=O) groups is 2. The topological polar surface area (TPSA) is 43.4 Å². The molecule has 0 unspecified atom stereocenters. The number of esters is 1. The van der Waals surface area contributed by atoms with Gasteiger partial charge in [0.05, 0.1) is 0 Å². The van der Waals surface area contributed by atoms with Crippen LogP contribution in [-0.2, 0) is 15.0 Å². The van der Waals surface area contributed by atoms with Gasteiger partial charge in [-0.05, 0) is 35.2 Å². The molecule has 4 aromatic carbocycles. The number of hydrogen-bond acceptors (Lipinski definition) is 3. The molecule has 0 bridgehead atoms. The average molecular weight is 433 g/mol. The second-order valence-corrected chi connectivity index (χ2v) is 8.47. The molecule has 0 heterocycles. The van der Waals surface area contributed by atoms with E-state index in [-0.39, 0.29) is 5.92 Å². The van der Waals surface area contributed by atoms with Gasteiger partial charge in [-0.2, -0.15) is 0 Å². The van der Waals surface area contributed by atoms with Gasteiger partial charge < -0.3 is 4.74 Å². The molecule has 0 spiro atoms. The van der Waals surface area contributed by atoms with E-state index < -0.39 is 23.1 Å². The maximum atomic E-state index is 13.4. The van der Waals surface area contributed by atoms with Crippen LogP contribution in [0.3, 0.4) is 0 Å². The molecule has 33 heavy (non-hydrogen) atoms. The van der Waals surface area contributed by atoms with Crippen molar-refractivity contribution in [1.29, 1.82) is 0 Å². The van der Waals surface area contributed by atoms with Gasteiger partial charge in [0.15, 0.2) is 0 Å².